The van der Waals surface area contributed by atoms with Gasteiger partial charge in [0.1, 0.15) is 5.75 Å². The maximum absolute atomic E-state index is 8.85. The molecule has 0 saturated carbocycles. The number of hydrogen-bond donors (Lipinski definition) is 1. The Bertz CT molecular complexity index is 256. The zero-order valence-electron chi connectivity index (χ0n) is 9.11. The quantitative estimate of drug-likeness (QED) is 0.699. The molecule has 0 atom stereocenters. The van der Waals surface area contributed by atoms with Gasteiger partial charge >= 0.3 is 0 Å². The van der Waals surface area contributed by atoms with Gasteiger partial charge in [-0.25, -0.2) is 0 Å². The van der Waals surface area contributed by atoms with Gasteiger partial charge in [-0.2, -0.15) is 0 Å². The fraction of sp³-hybridized carbons (Fsp3) is 0.500. The predicted octanol–water partition coefficient (Wildman–Crippen LogP) is 1.98. The highest BCUT2D eigenvalue weighted by molar-refractivity contribution is 5.26. The molecule has 0 amide bonds. The summed E-state index contributed by atoms with van der Waals surface area (Å²) in [5.74, 6) is 0.851. The molecule has 0 bridgehead atoms. The van der Waals surface area contributed by atoms with E-state index in [9.17, 15) is 0 Å². The minimum atomic E-state index is 0.0775. The lowest BCUT2D eigenvalue weighted by molar-refractivity contribution is 0.184. The van der Waals surface area contributed by atoms with Crippen molar-refractivity contribution in [1.29, 1.82) is 0 Å². The Morgan fingerprint density at radius 3 is 2.33 bits per heavy atom. The van der Waals surface area contributed by atoms with Crippen LogP contribution < -0.4 is 4.74 Å². The summed E-state index contributed by atoms with van der Waals surface area (Å²) in [5.41, 5.74) is 0.904. The van der Waals surface area contributed by atoms with Crippen molar-refractivity contribution in [3.63, 3.8) is 0 Å². The van der Waals surface area contributed by atoms with Crippen LogP contribution in [0.4, 0.5) is 0 Å². The summed E-state index contributed by atoms with van der Waals surface area (Å²) in [6.07, 6.45) is 2.01. The summed E-state index contributed by atoms with van der Waals surface area (Å²) in [6.45, 7) is 1.57. The molecule has 0 aliphatic carbocycles. The van der Waals surface area contributed by atoms with E-state index in [2.05, 4.69) is 0 Å². The van der Waals surface area contributed by atoms with Crippen LogP contribution in [0.5, 0.6) is 5.75 Å². The van der Waals surface area contributed by atoms with Crippen molar-refractivity contribution in [2.75, 3.05) is 20.3 Å². The molecular formula is C12H18O3. The molecule has 0 aliphatic heterocycles. The van der Waals surface area contributed by atoms with Crippen molar-refractivity contribution in [3.8, 4) is 5.75 Å². The van der Waals surface area contributed by atoms with Crippen LogP contribution in [-0.4, -0.2) is 25.4 Å². The molecule has 3 nitrogen and oxygen atoms in total. The standard InChI is InChI=1S/C12H18O3/c1-14-8-2-3-9-15-12-6-4-11(10-13)5-7-12/h4-7,13H,2-3,8-10H2,1H3. The number of aliphatic hydroxyl groups is 1. The summed E-state index contributed by atoms with van der Waals surface area (Å²) in [7, 11) is 1.70. The first kappa shape index (κ1) is 12.0. The van der Waals surface area contributed by atoms with Crippen LogP contribution in [-0.2, 0) is 11.3 Å². The van der Waals surface area contributed by atoms with Crippen LogP contribution in [0, 0.1) is 0 Å². The lowest BCUT2D eigenvalue weighted by atomic mass is 10.2. The van der Waals surface area contributed by atoms with Crippen LogP contribution in [0.15, 0.2) is 24.3 Å². The summed E-state index contributed by atoms with van der Waals surface area (Å²) in [6, 6.07) is 7.48. The number of aliphatic hydroxyl groups excluding tert-OH is 1. The van der Waals surface area contributed by atoms with E-state index in [0.29, 0.717) is 6.61 Å². The third-order valence-corrected chi connectivity index (χ3v) is 2.12. The van der Waals surface area contributed by atoms with E-state index < -0.39 is 0 Å². The Morgan fingerprint density at radius 2 is 1.73 bits per heavy atom. The predicted molar refractivity (Wildman–Crippen MR) is 59.0 cm³/mol. The van der Waals surface area contributed by atoms with Gasteiger partial charge in [-0.15, -0.1) is 0 Å². The highest BCUT2D eigenvalue weighted by Gasteiger charge is 1.94. The van der Waals surface area contributed by atoms with E-state index in [1.165, 1.54) is 0 Å². The normalized spacial score (nSPS) is 10.3. The van der Waals surface area contributed by atoms with Crippen LogP contribution in [0.3, 0.4) is 0 Å². The Labute approximate surface area is 90.6 Å². The maximum Gasteiger partial charge on any atom is 0.119 e. The number of benzene rings is 1. The zero-order chi connectivity index (χ0) is 10.9. The highest BCUT2D eigenvalue weighted by Crippen LogP contribution is 2.12. The maximum atomic E-state index is 8.85. The molecule has 0 fully saturated rings. The van der Waals surface area contributed by atoms with E-state index in [0.717, 1.165) is 30.8 Å². The lowest BCUT2D eigenvalue weighted by Gasteiger charge is -2.06. The van der Waals surface area contributed by atoms with Crippen molar-refractivity contribution in [1.82, 2.24) is 0 Å². The van der Waals surface area contributed by atoms with Gasteiger partial charge in [-0.1, -0.05) is 12.1 Å². The first-order chi connectivity index (χ1) is 7.36. The van der Waals surface area contributed by atoms with E-state index >= 15 is 0 Å². The minimum absolute atomic E-state index is 0.0775. The first-order valence-electron chi connectivity index (χ1n) is 5.18. The van der Waals surface area contributed by atoms with Crippen molar-refractivity contribution in [2.24, 2.45) is 0 Å². The molecule has 1 aromatic rings. The van der Waals surface area contributed by atoms with Gasteiger partial charge in [-0.05, 0) is 30.5 Å². The van der Waals surface area contributed by atoms with Crippen LogP contribution in [0.1, 0.15) is 18.4 Å². The first-order valence-corrected chi connectivity index (χ1v) is 5.18. The van der Waals surface area contributed by atoms with Gasteiger partial charge in [0.2, 0.25) is 0 Å². The molecule has 3 heteroatoms. The fourth-order valence-corrected chi connectivity index (χ4v) is 1.23. The number of ether oxygens (including phenoxy) is 2. The monoisotopic (exact) mass is 210 g/mol. The molecule has 0 saturated heterocycles. The lowest BCUT2D eigenvalue weighted by Crippen LogP contribution is -1.99. The number of unbranched alkanes of at least 4 members (excludes halogenated alkanes) is 1. The minimum Gasteiger partial charge on any atom is -0.494 e. The Morgan fingerprint density at radius 1 is 1.07 bits per heavy atom. The Balaban J connectivity index is 2.20. The Hall–Kier alpha value is -1.06. The number of rotatable bonds is 7. The largest absolute Gasteiger partial charge is 0.494 e. The SMILES string of the molecule is COCCCCOc1ccc(CO)cc1. The second kappa shape index (κ2) is 7.26. The molecule has 0 aliphatic rings. The van der Waals surface area contributed by atoms with Crippen molar-refractivity contribution >= 4 is 0 Å². The molecule has 0 unspecified atom stereocenters. The molecule has 0 spiro atoms. The van der Waals surface area contributed by atoms with Gasteiger partial charge in [0, 0.05) is 13.7 Å². The van der Waals surface area contributed by atoms with E-state index in [4.69, 9.17) is 14.6 Å². The fourth-order valence-electron chi connectivity index (χ4n) is 1.23. The molecule has 1 rings (SSSR count). The van der Waals surface area contributed by atoms with E-state index in [-0.39, 0.29) is 6.61 Å². The summed E-state index contributed by atoms with van der Waals surface area (Å²) >= 11 is 0. The third kappa shape index (κ3) is 4.81. The number of hydrogen-bond acceptors (Lipinski definition) is 3. The zero-order valence-corrected chi connectivity index (χ0v) is 9.11. The highest BCUT2D eigenvalue weighted by atomic mass is 16.5. The van der Waals surface area contributed by atoms with E-state index in [1.807, 2.05) is 24.3 Å². The van der Waals surface area contributed by atoms with Gasteiger partial charge in [-0.3, -0.25) is 0 Å². The molecular weight excluding hydrogens is 192 g/mol. The van der Waals surface area contributed by atoms with Gasteiger partial charge in [0.05, 0.1) is 13.2 Å². The van der Waals surface area contributed by atoms with Crippen LogP contribution in [0.25, 0.3) is 0 Å². The summed E-state index contributed by atoms with van der Waals surface area (Å²) in [5, 5.41) is 8.85. The van der Waals surface area contributed by atoms with E-state index in [1.54, 1.807) is 7.11 Å². The molecule has 0 radical (unpaired) electrons. The molecule has 0 aromatic heterocycles. The van der Waals surface area contributed by atoms with Crippen LogP contribution in [0.2, 0.25) is 0 Å². The third-order valence-electron chi connectivity index (χ3n) is 2.12. The Kier molecular flexibility index (Phi) is 5.81. The second-order valence-corrected chi connectivity index (χ2v) is 3.35. The molecule has 15 heavy (non-hydrogen) atoms. The molecule has 0 heterocycles. The topological polar surface area (TPSA) is 38.7 Å². The van der Waals surface area contributed by atoms with Gasteiger partial charge in [0.15, 0.2) is 0 Å². The van der Waals surface area contributed by atoms with Crippen molar-refractivity contribution in [2.45, 2.75) is 19.4 Å². The second-order valence-electron chi connectivity index (χ2n) is 3.35. The molecule has 1 aromatic carbocycles. The average Bonchev–Trinajstić information content (AvgIpc) is 2.30. The van der Waals surface area contributed by atoms with Crippen molar-refractivity contribution < 1.29 is 14.6 Å². The van der Waals surface area contributed by atoms with Crippen LogP contribution >= 0.6 is 0 Å². The molecule has 1 N–H and O–H groups in total. The van der Waals surface area contributed by atoms with Gasteiger partial charge in [0.25, 0.3) is 0 Å². The molecule has 84 valence electrons. The number of methoxy groups -OCH3 is 1. The average molecular weight is 210 g/mol. The van der Waals surface area contributed by atoms with Gasteiger partial charge < -0.3 is 14.6 Å². The smallest absolute Gasteiger partial charge is 0.119 e. The summed E-state index contributed by atoms with van der Waals surface area (Å²) in [4.78, 5) is 0. The summed E-state index contributed by atoms with van der Waals surface area (Å²) < 4.78 is 10.5. The van der Waals surface area contributed by atoms with Crippen molar-refractivity contribution in [3.05, 3.63) is 29.8 Å².